The monoisotopic (exact) mass is 424 g/mol. The molecular formula is C21H23F3N2O4. The van der Waals surface area contributed by atoms with Crippen LogP contribution in [0.2, 0.25) is 0 Å². The number of benzene rings is 2. The van der Waals surface area contributed by atoms with Gasteiger partial charge in [-0.3, -0.25) is 9.59 Å². The van der Waals surface area contributed by atoms with Crippen molar-refractivity contribution in [2.45, 2.75) is 20.0 Å². The van der Waals surface area contributed by atoms with E-state index in [4.69, 9.17) is 9.47 Å². The van der Waals surface area contributed by atoms with Gasteiger partial charge in [0.2, 0.25) is 5.91 Å². The van der Waals surface area contributed by atoms with Crippen molar-refractivity contribution in [3.8, 4) is 11.5 Å². The number of halogens is 3. The predicted octanol–water partition coefficient (Wildman–Crippen LogP) is 4.21. The first-order valence-corrected chi connectivity index (χ1v) is 9.27. The van der Waals surface area contributed by atoms with Gasteiger partial charge in [-0.2, -0.15) is 13.2 Å². The number of amides is 2. The van der Waals surface area contributed by atoms with Crippen LogP contribution in [0.4, 0.5) is 18.9 Å². The van der Waals surface area contributed by atoms with Gasteiger partial charge in [0.05, 0.1) is 25.0 Å². The van der Waals surface area contributed by atoms with E-state index in [1.54, 1.807) is 19.9 Å². The summed E-state index contributed by atoms with van der Waals surface area (Å²) >= 11 is 0. The molecule has 0 aliphatic heterocycles. The van der Waals surface area contributed by atoms with E-state index in [-0.39, 0.29) is 17.8 Å². The molecule has 0 unspecified atom stereocenters. The van der Waals surface area contributed by atoms with Crippen LogP contribution in [0.1, 0.15) is 29.8 Å². The molecule has 9 heteroatoms. The maximum absolute atomic E-state index is 13.1. The van der Waals surface area contributed by atoms with Gasteiger partial charge in [-0.15, -0.1) is 0 Å². The minimum absolute atomic E-state index is 0.184. The van der Waals surface area contributed by atoms with Gasteiger partial charge in [-0.1, -0.05) is 12.1 Å². The number of carbonyl (C=O) groups excluding carboxylic acids is 2. The molecule has 0 bridgehead atoms. The average Bonchev–Trinajstić information content (AvgIpc) is 2.71. The van der Waals surface area contributed by atoms with Crippen LogP contribution in [0.3, 0.4) is 0 Å². The smallest absolute Gasteiger partial charge is 0.418 e. The molecule has 0 radical (unpaired) electrons. The standard InChI is InChI=1S/C21H23F3N2O4/c1-4-26(20(28)14-10-11-17(29-3)18(12-14)30-5-2)13-19(27)25-16-9-7-6-8-15(16)21(22,23)24/h6-12H,4-5,13H2,1-3H3,(H,25,27). The first kappa shape index (κ1) is 23.1. The average molecular weight is 424 g/mol. The van der Waals surface area contributed by atoms with E-state index in [1.165, 1.54) is 36.3 Å². The van der Waals surface area contributed by atoms with Crippen molar-refractivity contribution < 1.29 is 32.2 Å². The number of alkyl halides is 3. The number of hydrogen-bond acceptors (Lipinski definition) is 4. The van der Waals surface area contributed by atoms with E-state index in [9.17, 15) is 22.8 Å². The molecular weight excluding hydrogens is 401 g/mol. The lowest BCUT2D eigenvalue weighted by atomic mass is 10.1. The molecule has 0 spiro atoms. The van der Waals surface area contributed by atoms with E-state index < -0.39 is 30.1 Å². The van der Waals surface area contributed by atoms with Crippen molar-refractivity contribution in [1.29, 1.82) is 0 Å². The lowest BCUT2D eigenvalue weighted by Gasteiger charge is -2.22. The zero-order valence-corrected chi connectivity index (χ0v) is 16.9. The zero-order valence-electron chi connectivity index (χ0n) is 16.9. The Morgan fingerprint density at radius 1 is 1.07 bits per heavy atom. The third kappa shape index (κ3) is 5.65. The van der Waals surface area contributed by atoms with E-state index in [2.05, 4.69) is 5.32 Å². The fourth-order valence-corrected chi connectivity index (χ4v) is 2.79. The summed E-state index contributed by atoms with van der Waals surface area (Å²) in [4.78, 5) is 26.4. The Kier molecular flexibility index (Phi) is 7.68. The number of hydrogen-bond donors (Lipinski definition) is 1. The first-order valence-electron chi connectivity index (χ1n) is 9.27. The maximum Gasteiger partial charge on any atom is 0.418 e. The molecule has 0 saturated carbocycles. The molecule has 0 fully saturated rings. The molecule has 2 rings (SSSR count). The van der Waals surface area contributed by atoms with E-state index in [1.807, 2.05) is 0 Å². The Labute approximate surface area is 172 Å². The molecule has 0 heterocycles. The van der Waals surface area contributed by atoms with Gasteiger partial charge < -0.3 is 19.7 Å². The summed E-state index contributed by atoms with van der Waals surface area (Å²) in [5.41, 5.74) is -1.05. The van der Waals surface area contributed by atoms with Crippen molar-refractivity contribution >= 4 is 17.5 Å². The highest BCUT2D eigenvalue weighted by Gasteiger charge is 2.33. The second-order valence-electron chi connectivity index (χ2n) is 6.21. The van der Waals surface area contributed by atoms with Gasteiger partial charge in [0.15, 0.2) is 11.5 Å². The van der Waals surface area contributed by atoms with Crippen molar-refractivity contribution in [2.75, 3.05) is 32.1 Å². The SMILES string of the molecule is CCOc1cc(C(=O)N(CC)CC(=O)Nc2ccccc2C(F)(F)F)ccc1OC. The van der Waals surface area contributed by atoms with E-state index >= 15 is 0 Å². The fraction of sp³-hybridized carbons (Fsp3) is 0.333. The number of para-hydroxylation sites is 1. The summed E-state index contributed by atoms with van der Waals surface area (Å²) in [7, 11) is 1.47. The molecule has 0 aliphatic carbocycles. The number of likely N-dealkylation sites (N-methyl/N-ethyl adjacent to an activating group) is 1. The highest BCUT2D eigenvalue weighted by molar-refractivity contribution is 6.00. The first-order chi connectivity index (χ1) is 14.2. The van der Waals surface area contributed by atoms with Crippen LogP contribution < -0.4 is 14.8 Å². The quantitative estimate of drug-likeness (QED) is 0.689. The highest BCUT2D eigenvalue weighted by Crippen LogP contribution is 2.34. The lowest BCUT2D eigenvalue weighted by Crippen LogP contribution is -2.38. The van der Waals surface area contributed by atoms with Gasteiger partial charge in [-0.05, 0) is 44.2 Å². The summed E-state index contributed by atoms with van der Waals surface area (Å²) in [6, 6.07) is 9.28. The molecule has 0 atom stereocenters. The Hall–Kier alpha value is -3.23. The van der Waals surface area contributed by atoms with Crippen LogP contribution in [-0.4, -0.2) is 43.5 Å². The Morgan fingerprint density at radius 3 is 2.37 bits per heavy atom. The second kappa shape index (κ2) is 10.00. The topological polar surface area (TPSA) is 67.9 Å². The number of rotatable bonds is 8. The minimum atomic E-state index is -4.61. The van der Waals surface area contributed by atoms with Crippen LogP contribution in [0.15, 0.2) is 42.5 Å². The molecule has 0 aromatic heterocycles. The second-order valence-corrected chi connectivity index (χ2v) is 6.21. The number of methoxy groups -OCH3 is 1. The molecule has 162 valence electrons. The van der Waals surface area contributed by atoms with Crippen molar-refractivity contribution in [3.63, 3.8) is 0 Å². The number of anilines is 1. The summed E-state index contributed by atoms with van der Waals surface area (Å²) in [6.45, 7) is 3.60. The molecule has 30 heavy (non-hydrogen) atoms. The number of carbonyl (C=O) groups is 2. The summed E-state index contributed by atoms with van der Waals surface area (Å²) in [6.07, 6.45) is -4.61. The lowest BCUT2D eigenvalue weighted by molar-refractivity contribution is -0.137. The minimum Gasteiger partial charge on any atom is -0.493 e. The van der Waals surface area contributed by atoms with Crippen molar-refractivity contribution in [2.24, 2.45) is 0 Å². The van der Waals surface area contributed by atoms with Gasteiger partial charge in [0.25, 0.3) is 5.91 Å². The third-order valence-corrected chi connectivity index (χ3v) is 4.22. The fourth-order valence-electron chi connectivity index (χ4n) is 2.79. The van der Waals surface area contributed by atoms with Gasteiger partial charge >= 0.3 is 6.18 Å². The molecule has 2 aromatic rings. The summed E-state index contributed by atoms with van der Waals surface area (Å²) < 4.78 is 49.9. The number of nitrogens with one attached hydrogen (secondary N) is 1. The summed E-state index contributed by atoms with van der Waals surface area (Å²) in [5, 5.41) is 2.24. The number of ether oxygens (including phenoxy) is 2. The molecule has 6 nitrogen and oxygen atoms in total. The van der Waals surface area contributed by atoms with Gasteiger partial charge in [0.1, 0.15) is 6.54 Å². The van der Waals surface area contributed by atoms with E-state index in [0.717, 1.165) is 12.1 Å². The van der Waals surface area contributed by atoms with E-state index in [0.29, 0.717) is 18.1 Å². The van der Waals surface area contributed by atoms with Crippen LogP contribution >= 0.6 is 0 Å². The van der Waals surface area contributed by atoms with Crippen LogP contribution in [-0.2, 0) is 11.0 Å². The Bertz CT molecular complexity index is 900. The normalized spacial score (nSPS) is 11.0. The van der Waals surface area contributed by atoms with Crippen molar-refractivity contribution in [1.82, 2.24) is 4.90 Å². The molecule has 2 aromatic carbocycles. The maximum atomic E-state index is 13.1. The van der Waals surface area contributed by atoms with Gasteiger partial charge in [0, 0.05) is 12.1 Å². The summed E-state index contributed by atoms with van der Waals surface area (Å²) in [5.74, 6) is -0.357. The zero-order chi connectivity index (χ0) is 22.3. The molecule has 2 amide bonds. The van der Waals surface area contributed by atoms with Crippen LogP contribution in [0.5, 0.6) is 11.5 Å². The largest absolute Gasteiger partial charge is 0.493 e. The molecule has 0 aliphatic rings. The highest BCUT2D eigenvalue weighted by atomic mass is 19.4. The predicted molar refractivity (Wildman–Crippen MR) is 106 cm³/mol. The number of nitrogens with zero attached hydrogens (tertiary/aromatic N) is 1. The third-order valence-electron chi connectivity index (χ3n) is 4.22. The Morgan fingerprint density at radius 2 is 1.77 bits per heavy atom. The molecule has 0 saturated heterocycles. The van der Waals surface area contributed by atoms with Crippen LogP contribution in [0.25, 0.3) is 0 Å². The Balaban J connectivity index is 2.17. The van der Waals surface area contributed by atoms with Crippen molar-refractivity contribution in [3.05, 3.63) is 53.6 Å². The molecule has 1 N–H and O–H groups in total. The van der Waals surface area contributed by atoms with Gasteiger partial charge in [-0.25, -0.2) is 0 Å². The van der Waals surface area contributed by atoms with Crippen LogP contribution in [0, 0.1) is 0 Å².